The fourth-order valence-electron chi connectivity index (χ4n) is 6.82. The molecule has 2 aliphatic heterocycles. The smallest absolute Gasteiger partial charge is 0.470 e. The number of aliphatic carboxylic acids is 1. The van der Waals surface area contributed by atoms with Gasteiger partial charge in [0.25, 0.3) is 0 Å². The van der Waals surface area contributed by atoms with Crippen LogP contribution in [0.15, 0.2) is 23.0 Å². The molecule has 3 amide bonds. The lowest BCUT2D eigenvalue weighted by Crippen LogP contribution is -2.47. The summed E-state index contributed by atoms with van der Waals surface area (Å²) in [6.07, 6.45) is 7.83. The molecule has 3 unspecified atom stereocenters. The minimum Gasteiger partial charge on any atom is -0.481 e. The molecule has 0 aromatic carbocycles. The van der Waals surface area contributed by atoms with Crippen LogP contribution in [0.3, 0.4) is 0 Å². The molecule has 12 heteroatoms. The second kappa shape index (κ2) is 12.5. The summed E-state index contributed by atoms with van der Waals surface area (Å²) in [4.78, 5) is 38.3. The van der Waals surface area contributed by atoms with Gasteiger partial charge >= 0.3 is 22.4 Å². The third kappa shape index (κ3) is 6.02. The molecular weight excluding hydrogens is 538 g/mol. The van der Waals surface area contributed by atoms with E-state index in [0.717, 1.165) is 43.6 Å². The summed E-state index contributed by atoms with van der Waals surface area (Å²) in [6.45, 7) is 11.8. The van der Waals surface area contributed by atoms with Crippen molar-refractivity contribution < 1.29 is 36.4 Å². The van der Waals surface area contributed by atoms with Crippen LogP contribution in [0.4, 0.5) is 4.79 Å². The number of hydroxylamine groups is 2. The average Bonchev–Trinajstić information content (AvgIpc) is 3.10. The number of urea groups is 1. The number of carboxylic acids is 1. The summed E-state index contributed by atoms with van der Waals surface area (Å²) >= 11 is 0. The first-order chi connectivity index (χ1) is 18.7. The fraction of sp³-hybridized carbons (Fsp3) is 0.750. The van der Waals surface area contributed by atoms with Gasteiger partial charge in [-0.05, 0) is 56.9 Å². The molecule has 0 aromatic rings. The van der Waals surface area contributed by atoms with E-state index >= 15 is 0 Å². The summed E-state index contributed by atoms with van der Waals surface area (Å²) in [5.74, 6) is -2.90. The number of hydrogen-bond donors (Lipinski definition) is 2. The van der Waals surface area contributed by atoms with Gasteiger partial charge in [0.05, 0.1) is 11.5 Å². The van der Waals surface area contributed by atoms with E-state index in [1.807, 2.05) is 6.08 Å². The number of unbranched alkanes of at least 4 members (excludes halogenated alkanes) is 2. The molecule has 0 radical (unpaired) electrons. The van der Waals surface area contributed by atoms with Gasteiger partial charge in [-0.15, -0.1) is 4.28 Å². The van der Waals surface area contributed by atoms with Crippen LogP contribution in [0.25, 0.3) is 0 Å². The highest BCUT2D eigenvalue weighted by molar-refractivity contribution is 7.81. The highest BCUT2D eigenvalue weighted by Crippen LogP contribution is 2.55. The van der Waals surface area contributed by atoms with Crippen molar-refractivity contribution in [3.8, 4) is 0 Å². The number of fused-ring (bicyclic) bond motifs is 2. The number of carbonyl (C=O) groups is 3. The van der Waals surface area contributed by atoms with E-state index in [2.05, 4.69) is 27.7 Å². The summed E-state index contributed by atoms with van der Waals surface area (Å²) in [5.41, 5.74) is 5.48. The number of hydrogen-bond acceptors (Lipinski definition) is 7. The number of carbonyl (C=O) groups excluding carboxylic acids is 2. The lowest BCUT2D eigenvalue weighted by Gasteiger charge is -2.47. The Kier molecular flexibility index (Phi) is 9.98. The number of piperidine rings is 1. The van der Waals surface area contributed by atoms with Gasteiger partial charge < -0.3 is 19.9 Å². The molecule has 226 valence electrons. The molecule has 3 aliphatic rings. The number of rotatable bonds is 14. The van der Waals surface area contributed by atoms with Crippen LogP contribution in [-0.4, -0.2) is 60.0 Å². The highest BCUT2D eigenvalue weighted by Gasteiger charge is 2.53. The Morgan fingerprint density at radius 2 is 1.70 bits per heavy atom. The van der Waals surface area contributed by atoms with Crippen molar-refractivity contribution in [3.63, 3.8) is 0 Å². The van der Waals surface area contributed by atoms with Crippen LogP contribution >= 0.6 is 0 Å². The largest absolute Gasteiger partial charge is 0.481 e. The quantitative estimate of drug-likeness (QED) is 0.283. The second-order valence-corrected chi connectivity index (χ2v) is 12.8. The Bertz CT molecular complexity index is 1150. The molecule has 2 bridgehead atoms. The molecule has 2 fully saturated rings. The van der Waals surface area contributed by atoms with Gasteiger partial charge in [0.15, 0.2) is 0 Å². The maximum Gasteiger partial charge on any atom is 0.470 e. The molecule has 2 heterocycles. The van der Waals surface area contributed by atoms with Gasteiger partial charge in [-0.1, -0.05) is 65.0 Å². The Morgan fingerprint density at radius 1 is 1.12 bits per heavy atom. The maximum atomic E-state index is 13.5. The van der Waals surface area contributed by atoms with E-state index in [0.29, 0.717) is 24.0 Å². The van der Waals surface area contributed by atoms with Gasteiger partial charge in [-0.2, -0.15) is 13.5 Å². The first-order valence-corrected chi connectivity index (χ1v) is 15.7. The van der Waals surface area contributed by atoms with Crippen LogP contribution in [0, 0.1) is 23.2 Å². The van der Waals surface area contributed by atoms with Crippen molar-refractivity contribution in [2.24, 2.45) is 28.9 Å². The molecule has 2 saturated heterocycles. The molecule has 5 atom stereocenters. The van der Waals surface area contributed by atoms with E-state index < -0.39 is 51.7 Å². The second-order valence-electron chi connectivity index (χ2n) is 11.7. The van der Waals surface area contributed by atoms with Crippen molar-refractivity contribution in [2.75, 3.05) is 6.54 Å². The Hall–Kier alpha value is -2.60. The number of nitrogens with zero attached hydrogens (tertiary/aromatic N) is 2. The van der Waals surface area contributed by atoms with Crippen LogP contribution in [0.5, 0.6) is 0 Å². The topological polar surface area (TPSA) is 157 Å². The highest BCUT2D eigenvalue weighted by atomic mass is 32.3. The first-order valence-electron chi connectivity index (χ1n) is 14.4. The maximum absolute atomic E-state index is 13.5. The Morgan fingerprint density at radius 3 is 2.20 bits per heavy atom. The molecule has 0 spiro atoms. The molecule has 3 N–H and O–H groups in total. The van der Waals surface area contributed by atoms with Gasteiger partial charge in [-0.25, -0.2) is 4.79 Å². The molecule has 40 heavy (non-hydrogen) atoms. The van der Waals surface area contributed by atoms with E-state index in [-0.39, 0.29) is 24.1 Å². The van der Waals surface area contributed by atoms with E-state index in [1.54, 1.807) is 13.8 Å². The number of nitrogens with two attached hydrogens (primary N) is 1. The zero-order chi connectivity index (χ0) is 30.0. The number of amides is 3. The molecule has 3 rings (SSSR count). The van der Waals surface area contributed by atoms with Gasteiger partial charge in [0.2, 0.25) is 5.91 Å². The normalized spacial score (nSPS) is 28.4. The molecule has 1 aliphatic carbocycles. The lowest BCUT2D eigenvalue weighted by molar-refractivity contribution is -0.139. The zero-order valence-electron chi connectivity index (χ0n) is 24.5. The molecule has 0 aromatic heterocycles. The monoisotopic (exact) mass is 583 g/mol. The number of allylic oxidation sites excluding steroid dienone is 1. The fourth-order valence-corrected chi connectivity index (χ4v) is 7.71. The van der Waals surface area contributed by atoms with Crippen molar-refractivity contribution in [1.29, 1.82) is 0 Å². The Balaban J connectivity index is 2.05. The third-order valence-electron chi connectivity index (χ3n) is 8.97. The van der Waals surface area contributed by atoms with E-state index in [9.17, 15) is 27.9 Å². The molecular formula is C28H45N3O8S. The van der Waals surface area contributed by atoms with Crippen molar-refractivity contribution in [2.45, 2.75) is 105 Å². The van der Waals surface area contributed by atoms with Gasteiger partial charge in [0.1, 0.15) is 17.7 Å². The van der Waals surface area contributed by atoms with Gasteiger partial charge in [0, 0.05) is 6.54 Å². The summed E-state index contributed by atoms with van der Waals surface area (Å²) in [6, 6.07) is -2.19. The van der Waals surface area contributed by atoms with Crippen LogP contribution in [-0.2, 0) is 28.5 Å². The average molecular weight is 584 g/mol. The molecule has 0 saturated carbocycles. The predicted octanol–water partition coefficient (Wildman–Crippen LogP) is 4.51. The van der Waals surface area contributed by atoms with E-state index in [4.69, 9.17) is 14.2 Å². The summed E-state index contributed by atoms with van der Waals surface area (Å²) < 4.78 is 38.1. The van der Waals surface area contributed by atoms with Gasteiger partial charge in [-0.3, -0.25) is 9.59 Å². The number of primary amides is 1. The van der Waals surface area contributed by atoms with Crippen LogP contribution < -0.4 is 5.73 Å². The van der Waals surface area contributed by atoms with Crippen LogP contribution in [0.2, 0.25) is 0 Å². The minimum absolute atomic E-state index is 0.0580. The summed E-state index contributed by atoms with van der Waals surface area (Å²) in [5, 5.41) is 10.8. The predicted molar refractivity (Wildman–Crippen MR) is 148 cm³/mol. The van der Waals surface area contributed by atoms with Crippen molar-refractivity contribution in [1.82, 2.24) is 9.96 Å². The minimum atomic E-state index is -4.87. The first kappa shape index (κ1) is 31.9. The van der Waals surface area contributed by atoms with Crippen molar-refractivity contribution in [3.05, 3.63) is 23.0 Å². The third-order valence-corrected chi connectivity index (χ3v) is 9.69. The van der Waals surface area contributed by atoms with E-state index in [1.165, 1.54) is 4.90 Å². The SMILES string of the molecule is CCCCC(C)C1(C(C)CCCC)C=C(C)C(C(=O)O)C(C)=C1OS(=O)(=O)ON1C(=O)N2C[C@H]1CC[C@H]2C(N)=O. The molecule has 11 nitrogen and oxygen atoms in total. The van der Waals surface area contributed by atoms with Crippen molar-refractivity contribution >= 4 is 28.3 Å². The Labute approximate surface area is 238 Å². The lowest BCUT2D eigenvalue weighted by atomic mass is 9.59. The summed E-state index contributed by atoms with van der Waals surface area (Å²) in [7, 11) is -4.87. The standard InChI is InChI=1S/C28H45N3O8S/c1-7-9-11-18(4)28(19(5)12-10-8-2)15-17(3)23(26(33)34)20(6)24(28)38-40(36,37)39-31-21-13-14-22(25(29)32)30(16-21)27(31)35/h15,18-19,21-23H,7-14,16H2,1-6H3,(H2,29,32)(H,33,34)/t18?,19?,21-,22+,23?,28?/m1/s1. The zero-order valence-corrected chi connectivity index (χ0v) is 25.3. The van der Waals surface area contributed by atoms with Crippen LogP contribution in [0.1, 0.15) is 92.9 Å². The number of carboxylic acid groups (broad SMARTS) is 1.